The fraction of sp³-hybridized carbons (Fsp3) is 0.0816. The fourth-order valence-electron chi connectivity index (χ4n) is 7.70. The third kappa shape index (κ3) is 5.74. The van der Waals surface area contributed by atoms with E-state index in [1.165, 1.54) is 47.5 Å². The second-order valence-electron chi connectivity index (χ2n) is 13.9. The third-order valence-corrected chi connectivity index (χ3v) is 11.6. The molecule has 0 atom stereocenters. The molecule has 0 aliphatic rings. The summed E-state index contributed by atoms with van der Waals surface area (Å²) in [6, 6.07) is 58.5. The van der Waals surface area contributed by atoms with E-state index in [-0.39, 0.29) is 0 Å². The van der Waals surface area contributed by atoms with E-state index in [0.717, 1.165) is 52.8 Å². The largest absolute Gasteiger partial charge is 0.309 e. The van der Waals surface area contributed by atoms with Crippen molar-refractivity contribution in [1.29, 1.82) is 0 Å². The molecule has 0 bridgehead atoms. The number of para-hydroxylation sites is 1. The maximum absolute atomic E-state index is 5.07. The molecule has 0 unspecified atom stereocenters. The fourth-order valence-corrected chi connectivity index (χ4v) is 8.82. The molecule has 4 nitrogen and oxygen atoms in total. The van der Waals surface area contributed by atoms with Crippen molar-refractivity contribution in [2.75, 3.05) is 0 Å². The van der Waals surface area contributed by atoms with Gasteiger partial charge in [0, 0.05) is 53.3 Å². The van der Waals surface area contributed by atoms with Crippen LogP contribution >= 0.6 is 11.3 Å². The molecule has 3 aromatic heterocycles. The highest BCUT2D eigenvalue weighted by Crippen LogP contribution is 2.41. The highest BCUT2D eigenvalue weighted by molar-refractivity contribution is 7.25. The normalized spacial score (nSPS) is 11.6. The number of aromatic nitrogens is 4. The van der Waals surface area contributed by atoms with Crippen LogP contribution in [0, 0.1) is 0 Å². The number of benzene rings is 7. The van der Waals surface area contributed by atoms with E-state index in [9.17, 15) is 0 Å². The molecule has 10 aromatic rings. The lowest BCUT2D eigenvalue weighted by Crippen LogP contribution is -2.00. The number of hydrogen-bond acceptors (Lipinski definition) is 4. The summed E-state index contributed by atoms with van der Waals surface area (Å²) in [4.78, 5) is 15.1. The van der Waals surface area contributed by atoms with Gasteiger partial charge in [0.25, 0.3) is 0 Å². The quantitative estimate of drug-likeness (QED) is 0.158. The predicted molar refractivity (Wildman–Crippen MR) is 227 cm³/mol. The maximum Gasteiger partial charge on any atom is 0.164 e. The smallest absolute Gasteiger partial charge is 0.164 e. The summed E-state index contributed by atoms with van der Waals surface area (Å²) in [5.41, 5.74) is 10.0. The van der Waals surface area contributed by atoms with Crippen LogP contribution in [0.1, 0.15) is 25.3 Å². The Hall–Kier alpha value is -6.43. The number of fused-ring (bicyclic) bond motifs is 6. The van der Waals surface area contributed by atoms with E-state index in [2.05, 4.69) is 157 Å². The summed E-state index contributed by atoms with van der Waals surface area (Å²) in [5.74, 6) is 2.02. The number of nitrogens with zero attached hydrogens (tertiary/aromatic N) is 4. The first-order chi connectivity index (χ1) is 26.7. The monoisotopic (exact) mass is 712 g/mol. The Balaban J connectivity index is 1.04. The molecule has 10 rings (SSSR count). The van der Waals surface area contributed by atoms with Gasteiger partial charge in [-0.25, -0.2) is 15.0 Å². The van der Waals surface area contributed by atoms with Gasteiger partial charge < -0.3 is 4.57 Å². The minimum absolute atomic E-state index is 0.661. The molecule has 3 heterocycles. The minimum Gasteiger partial charge on any atom is -0.309 e. The summed E-state index contributed by atoms with van der Waals surface area (Å²) in [6.45, 7) is 2.23. The Labute approximate surface area is 318 Å². The molecule has 0 radical (unpaired) electrons. The highest BCUT2D eigenvalue weighted by atomic mass is 32.1. The molecule has 0 amide bonds. The van der Waals surface area contributed by atoms with Crippen LogP contribution in [0.15, 0.2) is 164 Å². The second-order valence-corrected chi connectivity index (χ2v) is 15.0. The summed E-state index contributed by atoms with van der Waals surface area (Å²) >= 11 is 1.86. The van der Waals surface area contributed by atoms with Crippen LogP contribution < -0.4 is 0 Å². The topological polar surface area (TPSA) is 43.6 Å². The standard InChI is InChI=1S/C49H36N4S/c1-2-3-13-32-14-11-18-36(28-32)48-50-47(34-15-5-4-6-16-34)51-49(52-48)37-19-12-17-35(29-37)33-24-26-38(27-25-33)53-43-22-9-7-20-39(43)41-30-42-40-21-8-10-23-45(40)54-46(42)31-44(41)53/h4-12,14-31H,2-3,13H2,1H3. The first-order valence-corrected chi connectivity index (χ1v) is 19.5. The molecule has 0 saturated heterocycles. The summed E-state index contributed by atoms with van der Waals surface area (Å²) in [7, 11) is 0. The van der Waals surface area contributed by atoms with Gasteiger partial charge in [0.15, 0.2) is 17.5 Å². The number of hydrogen-bond donors (Lipinski definition) is 0. The Bertz CT molecular complexity index is 2980. The van der Waals surface area contributed by atoms with Gasteiger partial charge in [0.05, 0.1) is 11.0 Å². The van der Waals surface area contributed by atoms with E-state index >= 15 is 0 Å². The molecule has 0 spiro atoms. The lowest BCUT2D eigenvalue weighted by atomic mass is 10.0. The van der Waals surface area contributed by atoms with Gasteiger partial charge in [0.1, 0.15) is 0 Å². The molecule has 7 aromatic carbocycles. The number of rotatable bonds is 8. The summed E-state index contributed by atoms with van der Waals surface area (Å²) in [5, 5.41) is 5.19. The summed E-state index contributed by atoms with van der Waals surface area (Å²) < 4.78 is 5.04. The van der Waals surface area contributed by atoms with Gasteiger partial charge >= 0.3 is 0 Å². The van der Waals surface area contributed by atoms with Gasteiger partial charge in [0.2, 0.25) is 0 Å². The van der Waals surface area contributed by atoms with Gasteiger partial charge in [-0.1, -0.05) is 129 Å². The Morgan fingerprint density at radius 1 is 0.444 bits per heavy atom. The molecule has 0 aliphatic carbocycles. The Morgan fingerprint density at radius 3 is 1.89 bits per heavy atom. The van der Waals surface area contributed by atoms with Gasteiger partial charge in [-0.2, -0.15) is 0 Å². The first kappa shape index (κ1) is 32.2. The average molecular weight is 713 g/mol. The molecular formula is C49H36N4S. The zero-order valence-electron chi connectivity index (χ0n) is 29.9. The van der Waals surface area contributed by atoms with Gasteiger partial charge in [-0.3, -0.25) is 0 Å². The van der Waals surface area contributed by atoms with Crippen molar-refractivity contribution in [3.8, 4) is 51.0 Å². The molecule has 0 fully saturated rings. The van der Waals surface area contributed by atoms with E-state index < -0.39 is 0 Å². The van der Waals surface area contributed by atoms with Crippen LogP contribution in [0.3, 0.4) is 0 Å². The Kier molecular flexibility index (Phi) is 8.07. The average Bonchev–Trinajstić information content (AvgIpc) is 3.77. The van der Waals surface area contributed by atoms with Crippen molar-refractivity contribution in [3.05, 3.63) is 169 Å². The molecule has 0 saturated carbocycles. The summed E-state index contributed by atoms with van der Waals surface area (Å²) in [6.07, 6.45) is 3.36. The van der Waals surface area contributed by atoms with Crippen molar-refractivity contribution in [1.82, 2.24) is 19.5 Å². The van der Waals surface area contributed by atoms with E-state index in [0.29, 0.717) is 17.5 Å². The first-order valence-electron chi connectivity index (χ1n) is 18.7. The van der Waals surface area contributed by atoms with E-state index in [4.69, 9.17) is 15.0 Å². The zero-order chi connectivity index (χ0) is 36.0. The maximum atomic E-state index is 5.07. The minimum atomic E-state index is 0.661. The molecule has 258 valence electrons. The molecule has 0 N–H and O–H groups in total. The van der Waals surface area contributed by atoms with Crippen LogP contribution in [0.2, 0.25) is 0 Å². The Morgan fingerprint density at radius 2 is 1.09 bits per heavy atom. The van der Waals surface area contributed by atoms with Crippen molar-refractivity contribution in [2.45, 2.75) is 26.2 Å². The van der Waals surface area contributed by atoms with Gasteiger partial charge in [-0.05, 0) is 78.1 Å². The lowest BCUT2D eigenvalue weighted by molar-refractivity contribution is 0.795. The number of aryl methyl sites for hydroxylation is 1. The SMILES string of the molecule is CCCCc1cccc(-c2nc(-c3ccccc3)nc(-c3cccc(-c4ccc(-n5c6ccccc6c6cc7c(cc65)sc5ccccc57)cc4)c3)n2)c1. The van der Waals surface area contributed by atoms with E-state index in [1.807, 2.05) is 29.5 Å². The predicted octanol–water partition coefficient (Wildman–Crippen LogP) is 13.3. The highest BCUT2D eigenvalue weighted by Gasteiger charge is 2.17. The van der Waals surface area contributed by atoms with Crippen LogP contribution in [0.5, 0.6) is 0 Å². The van der Waals surface area contributed by atoms with Crippen molar-refractivity contribution in [2.24, 2.45) is 0 Å². The molecular weight excluding hydrogens is 677 g/mol. The van der Waals surface area contributed by atoms with Crippen molar-refractivity contribution in [3.63, 3.8) is 0 Å². The van der Waals surface area contributed by atoms with Crippen LogP contribution in [0.25, 0.3) is 93.0 Å². The lowest BCUT2D eigenvalue weighted by Gasteiger charge is -2.11. The third-order valence-electron chi connectivity index (χ3n) is 10.4. The van der Waals surface area contributed by atoms with Gasteiger partial charge in [-0.15, -0.1) is 11.3 Å². The molecule has 0 aliphatic heterocycles. The van der Waals surface area contributed by atoms with Crippen molar-refractivity contribution < 1.29 is 0 Å². The number of thiophene rings is 1. The second kappa shape index (κ2) is 13.5. The van der Waals surface area contributed by atoms with Crippen LogP contribution in [0.4, 0.5) is 0 Å². The van der Waals surface area contributed by atoms with E-state index in [1.54, 1.807) is 0 Å². The molecule has 54 heavy (non-hydrogen) atoms. The van der Waals surface area contributed by atoms with Crippen LogP contribution in [-0.2, 0) is 6.42 Å². The van der Waals surface area contributed by atoms with Crippen LogP contribution in [-0.4, -0.2) is 19.5 Å². The van der Waals surface area contributed by atoms with Crippen molar-refractivity contribution >= 4 is 53.3 Å². The number of unbranched alkanes of at least 4 members (excludes halogenated alkanes) is 1. The zero-order valence-corrected chi connectivity index (χ0v) is 30.7. The molecule has 5 heteroatoms.